The molecule has 138 valence electrons. The maximum atomic E-state index is 4.74. The van der Waals surface area contributed by atoms with Crippen molar-refractivity contribution in [3.05, 3.63) is 16.1 Å². The molecule has 4 nitrogen and oxygen atoms in total. The smallest absolute Gasteiger partial charge is 0.191 e. The number of aromatic nitrogens is 1. The van der Waals surface area contributed by atoms with Gasteiger partial charge in [-0.25, -0.2) is 4.98 Å². The average molecular weight is 483 g/mol. The number of thiazole rings is 1. The molecule has 1 unspecified atom stereocenters. The number of hydrogen-bond acceptors (Lipinski definition) is 4. The number of nitrogens with one attached hydrogen (secondary N) is 2. The first-order chi connectivity index (χ1) is 10.8. The Morgan fingerprint density at radius 1 is 1.38 bits per heavy atom. The topological polar surface area (TPSA) is 49.3 Å². The van der Waals surface area contributed by atoms with E-state index < -0.39 is 0 Å². The van der Waals surface area contributed by atoms with Crippen LogP contribution in [0.15, 0.2) is 10.4 Å². The maximum absolute atomic E-state index is 4.74. The van der Waals surface area contributed by atoms with Crippen molar-refractivity contribution >= 4 is 53.0 Å². The van der Waals surface area contributed by atoms with E-state index in [9.17, 15) is 0 Å². The molecule has 7 heteroatoms. The molecule has 2 rings (SSSR count). The zero-order chi connectivity index (χ0) is 16.9. The van der Waals surface area contributed by atoms with Crippen molar-refractivity contribution in [3.63, 3.8) is 0 Å². The van der Waals surface area contributed by atoms with Gasteiger partial charge in [0.2, 0.25) is 0 Å². The largest absolute Gasteiger partial charge is 0.356 e. The Morgan fingerprint density at radius 3 is 2.67 bits per heavy atom. The number of nitrogens with zero attached hydrogens (tertiary/aromatic N) is 2. The van der Waals surface area contributed by atoms with Gasteiger partial charge >= 0.3 is 0 Å². The summed E-state index contributed by atoms with van der Waals surface area (Å²) in [5.74, 6) is 2.18. The van der Waals surface area contributed by atoms with E-state index in [1.54, 1.807) is 11.3 Å². The molecule has 1 fully saturated rings. The van der Waals surface area contributed by atoms with Crippen LogP contribution in [0.5, 0.6) is 0 Å². The van der Waals surface area contributed by atoms with Crippen molar-refractivity contribution in [3.8, 4) is 0 Å². The number of aliphatic imine (C=N–C) groups is 1. The first-order valence-electron chi connectivity index (χ1n) is 8.36. The molecule has 1 aliphatic heterocycles. The summed E-state index contributed by atoms with van der Waals surface area (Å²) in [7, 11) is 1.83. The lowest BCUT2D eigenvalue weighted by Gasteiger charge is -2.24. The molecule has 1 aromatic rings. The Morgan fingerprint density at radius 2 is 2.12 bits per heavy atom. The fourth-order valence-electron chi connectivity index (χ4n) is 2.53. The van der Waals surface area contributed by atoms with Crippen LogP contribution in [0, 0.1) is 0 Å². The quantitative estimate of drug-likeness (QED) is 0.378. The van der Waals surface area contributed by atoms with E-state index in [0.29, 0.717) is 4.75 Å². The lowest BCUT2D eigenvalue weighted by molar-refractivity contribution is 0.570. The first-order valence-corrected chi connectivity index (χ1v) is 10.2. The highest BCUT2D eigenvalue weighted by Crippen LogP contribution is 2.36. The van der Waals surface area contributed by atoms with Crippen LogP contribution in [-0.4, -0.2) is 41.6 Å². The van der Waals surface area contributed by atoms with E-state index in [0.717, 1.165) is 25.5 Å². The van der Waals surface area contributed by atoms with Gasteiger partial charge in [0.15, 0.2) is 5.96 Å². The summed E-state index contributed by atoms with van der Waals surface area (Å²) >= 11 is 3.82. The summed E-state index contributed by atoms with van der Waals surface area (Å²) in [6, 6.07) is 0. The SMILES string of the molecule is CN=C(NCCc1nc(C(C)(C)C)cs1)NCC1(C)CCCS1.I. The van der Waals surface area contributed by atoms with E-state index >= 15 is 0 Å². The Balaban J connectivity index is 0.00000288. The monoisotopic (exact) mass is 482 g/mol. The van der Waals surface area contributed by atoms with Crippen LogP contribution in [0.2, 0.25) is 0 Å². The Hall–Kier alpha value is -0.0200. The molecule has 2 N–H and O–H groups in total. The van der Waals surface area contributed by atoms with Gasteiger partial charge in [-0.1, -0.05) is 20.8 Å². The third-order valence-corrected chi connectivity index (χ3v) is 6.55. The van der Waals surface area contributed by atoms with Crippen molar-refractivity contribution in [1.82, 2.24) is 15.6 Å². The van der Waals surface area contributed by atoms with E-state index in [2.05, 4.69) is 60.5 Å². The summed E-state index contributed by atoms with van der Waals surface area (Å²) in [4.78, 5) is 9.06. The maximum Gasteiger partial charge on any atom is 0.191 e. The molecule has 1 aromatic heterocycles. The number of halogens is 1. The van der Waals surface area contributed by atoms with Gasteiger partial charge in [0, 0.05) is 42.1 Å². The molecule has 0 amide bonds. The van der Waals surface area contributed by atoms with Crippen LogP contribution in [0.4, 0.5) is 0 Å². The minimum atomic E-state index is 0. The van der Waals surface area contributed by atoms with Crippen molar-refractivity contribution in [2.45, 2.75) is 57.1 Å². The molecule has 1 atom stereocenters. The Labute approximate surface area is 172 Å². The number of thioether (sulfide) groups is 1. The van der Waals surface area contributed by atoms with Crippen molar-refractivity contribution in [1.29, 1.82) is 0 Å². The van der Waals surface area contributed by atoms with E-state index in [1.807, 2.05) is 7.05 Å². The van der Waals surface area contributed by atoms with Crippen LogP contribution in [0.3, 0.4) is 0 Å². The van der Waals surface area contributed by atoms with E-state index in [1.165, 1.54) is 29.3 Å². The van der Waals surface area contributed by atoms with Gasteiger partial charge in [-0.3, -0.25) is 4.99 Å². The number of hydrogen-bond donors (Lipinski definition) is 2. The average Bonchev–Trinajstić information content (AvgIpc) is 3.12. The summed E-state index contributed by atoms with van der Waals surface area (Å²) in [5.41, 5.74) is 1.32. The fraction of sp³-hybridized carbons (Fsp3) is 0.765. The lowest BCUT2D eigenvalue weighted by atomic mass is 9.93. The minimum absolute atomic E-state index is 0. The second-order valence-electron chi connectivity index (χ2n) is 7.38. The predicted octanol–water partition coefficient (Wildman–Crippen LogP) is 4.05. The van der Waals surface area contributed by atoms with E-state index in [-0.39, 0.29) is 29.4 Å². The van der Waals surface area contributed by atoms with Gasteiger partial charge in [-0.05, 0) is 25.5 Å². The lowest BCUT2D eigenvalue weighted by Crippen LogP contribution is -2.44. The Bertz CT molecular complexity index is 531. The first kappa shape index (κ1) is 22.0. The van der Waals surface area contributed by atoms with Crippen LogP contribution >= 0.6 is 47.1 Å². The second kappa shape index (κ2) is 9.62. The molecule has 0 bridgehead atoms. The zero-order valence-electron chi connectivity index (χ0n) is 15.4. The molecule has 0 aliphatic carbocycles. The van der Waals surface area contributed by atoms with Crippen LogP contribution in [0.25, 0.3) is 0 Å². The van der Waals surface area contributed by atoms with Gasteiger partial charge in [0.25, 0.3) is 0 Å². The van der Waals surface area contributed by atoms with Gasteiger partial charge in [-0.2, -0.15) is 11.8 Å². The van der Waals surface area contributed by atoms with Gasteiger partial charge < -0.3 is 10.6 Å². The molecule has 0 aromatic carbocycles. The third-order valence-electron chi connectivity index (χ3n) is 4.11. The summed E-state index contributed by atoms with van der Waals surface area (Å²) in [6.45, 7) is 10.8. The molecule has 1 saturated heterocycles. The minimum Gasteiger partial charge on any atom is -0.356 e. The molecule has 0 saturated carbocycles. The summed E-state index contributed by atoms with van der Waals surface area (Å²) < 4.78 is 0.356. The molecule has 0 radical (unpaired) electrons. The second-order valence-corrected chi connectivity index (χ2v) is 10.0. The van der Waals surface area contributed by atoms with Crippen molar-refractivity contribution in [2.75, 3.05) is 25.9 Å². The molecule has 0 spiro atoms. The molecule has 1 aliphatic rings. The number of rotatable bonds is 5. The number of guanidine groups is 1. The molecular weight excluding hydrogens is 451 g/mol. The standard InChI is InChI=1S/C17H30N4S2.HI/c1-16(2,3)13-11-22-14(21-13)7-9-19-15(18-5)20-12-17(4)8-6-10-23-17;/h11H,6-10,12H2,1-5H3,(H2,18,19,20);1H. The highest BCUT2D eigenvalue weighted by atomic mass is 127. The van der Waals surface area contributed by atoms with Crippen LogP contribution in [-0.2, 0) is 11.8 Å². The zero-order valence-corrected chi connectivity index (χ0v) is 19.4. The summed E-state index contributed by atoms with van der Waals surface area (Å²) in [6.07, 6.45) is 3.55. The fourth-order valence-corrected chi connectivity index (χ4v) is 4.79. The highest BCUT2D eigenvalue weighted by Gasteiger charge is 2.29. The molecular formula is C17H31IN4S2. The van der Waals surface area contributed by atoms with Crippen LogP contribution in [0.1, 0.15) is 51.2 Å². The molecule has 2 heterocycles. The Kier molecular flexibility index (Phi) is 8.82. The normalized spacial score (nSPS) is 21.5. The van der Waals surface area contributed by atoms with Crippen LogP contribution < -0.4 is 10.6 Å². The van der Waals surface area contributed by atoms with Crippen molar-refractivity contribution < 1.29 is 0 Å². The third kappa shape index (κ3) is 6.71. The van der Waals surface area contributed by atoms with Gasteiger partial charge in [0.05, 0.1) is 10.7 Å². The highest BCUT2D eigenvalue weighted by molar-refractivity contribution is 14.0. The van der Waals surface area contributed by atoms with E-state index in [4.69, 9.17) is 4.98 Å². The predicted molar refractivity (Wildman–Crippen MR) is 119 cm³/mol. The summed E-state index contributed by atoms with van der Waals surface area (Å²) in [5, 5.41) is 10.2. The van der Waals surface area contributed by atoms with Crippen molar-refractivity contribution in [2.24, 2.45) is 4.99 Å². The van der Waals surface area contributed by atoms with Gasteiger partial charge in [-0.15, -0.1) is 35.3 Å². The molecule has 24 heavy (non-hydrogen) atoms. The van der Waals surface area contributed by atoms with Gasteiger partial charge in [0.1, 0.15) is 0 Å².